The first-order valence-corrected chi connectivity index (χ1v) is 8.53. The summed E-state index contributed by atoms with van der Waals surface area (Å²) < 4.78 is 0. The quantitative estimate of drug-likeness (QED) is 0.883. The summed E-state index contributed by atoms with van der Waals surface area (Å²) in [5.74, 6) is 2.32. The van der Waals surface area contributed by atoms with Gasteiger partial charge in [-0.2, -0.15) is 4.98 Å². The fourth-order valence-electron chi connectivity index (χ4n) is 2.95. The molecule has 1 aromatic carbocycles. The Morgan fingerprint density at radius 2 is 2.04 bits per heavy atom. The van der Waals surface area contributed by atoms with E-state index in [-0.39, 0.29) is 0 Å². The third kappa shape index (κ3) is 3.94. The van der Waals surface area contributed by atoms with Crippen LogP contribution in [0.1, 0.15) is 31.0 Å². The van der Waals surface area contributed by atoms with Crippen molar-refractivity contribution in [1.82, 2.24) is 9.97 Å². The predicted octanol–water partition coefficient (Wildman–Crippen LogP) is 4.73. The third-order valence-electron chi connectivity index (χ3n) is 4.23. The molecule has 1 aliphatic heterocycles. The van der Waals surface area contributed by atoms with E-state index < -0.39 is 0 Å². The van der Waals surface area contributed by atoms with Crippen molar-refractivity contribution >= 4 is 29.1 Å². The number of hydrogen-bond donors (Lipinski definition) is 1. The molecule has 0 saturated carbocycles. The van der Waals surface area contributed by atoms with E-state index in [1.807, 2.05) is 38.1 Å². The van der Waals surface area contributed by atoms with Crippen molar-refractivity contribution in [2.45, 2.75) is 33.6 Å². The van der Waals surface area contributed by atoms with Gasteiger partial charge in [0.15, 0.2) is 0 Å². The van der Waals surface area contributed by atoms with Gasteiger partial charge in [-0.05, 0) is 50.3 Å². The maximum absolute atomic E-state index is 6.20. The summed E-state index contributed by atoms with van der Waals surface area (Å²) in [6.45, 7) is 8.35. The maximum Gasteiger partial charge on any atom is 0.227 e. The highest BCUT2D eigenvalue weighted by Gasteiger charge is 2.19. The monoisotopic (exact) mass is 330 g/mol. The largest absolute Gasteiger partial charge is 0.340 e. The number of nitrogens with zero attached hydrogens (tertiary/aromatic N) is 3. The molecule has 122 valence electrons. The Morgan fingerprint density at radius 1 is 1.22 bits per heavy atom. The van der Waals surface area contributed by atoms with Crippen LogP contribution in [-0.2, 0) is 0 Å². The zero-order chi connectivity index (χ0) is 16.4. The molecule has 1 unspecified atom stereocenters. The van der Waals surface area contributed by atoms with Crippen LogP contribution in [0.3, 0.4) is 0 Å². The Labute approximate surface area is 142 Å². The van der Waals surface area contributed by atoms with E-state index in [1.165, 1.54) is 12.8 Å². The molecule has 2 heterocycles. The highest BCUT2D eigenvalue weighted by Crippen LogP contribution is 2.25. The number of nitrogens with one attached hydrogen (secondary N) is 1. The molecular formula is C18H23ClN4. The number of benzene rings is 1. The lowest BCUT2D eigenvalue weighted by molar-refractivity contribution is 0.442. The molecular weight excluding hydrogens is 308 g/mol. The van der Waals surface area contributed by atoms with Gasteiger partial charge < -0.3 is 10.2 Å². The SMILES string of the molecule is Cc1cc(Nc2ccc(C)c(Cl)c2)nc(N2CCCC(C)C2)n1. The average Bonchev–Trinajstić information content (AvgIpc) is 2.50. The number of aryl methyl sites for hydroxylation is 2. The average molecular weight is 331 g/mol. The molecule has 0 aliphatic carbocycles. The lowest BCUT2D eigenvalue weighted by Gasteiger charge is -2.31. The van der Waals surface area contributed by atoms with Gasteiger partial charge in [-0.3, -0.25) is 0 Å². The van der Waals surface area contributed by atoms with Crippen LogP contribution in [0.5, 0.6) is 0 Å². The smallest absolute Gasteiger partial charge is 0.227 e. The van der Waals surface area contributed by atoms with Crippen LogP contribution in [0.2, 0.25) is 5.02 Å². The molecule has 5 heteroatoms. The summed E-state index contributed by atoms with van der Waals surface area (Å²) >= 11 is 6.20. The molecule has 1 N–H and O–H groups in total. The van der Waals surface area contributed by atoms with Crippen molar-refractivity contribution in [3.05, 3.63) is 40.5 Å². The fraction of sp³-hybridized carbons (Fsp3) is 0.444. The van der Waals surface area contributed by atoms with E-state index in [2.05, 4.69) is 22.1 Å². The van der Waals surface area contributed by atoms with Crippen LogP contribution >= 0.6 is 11.6 Å². The second-order valence-electron chi connectivity index (χ2n) is 6.48. The van der Waals surface area contributed by atoms with Gasteiger partial charge in [0.05, 0.1) is 0 Å². The highest BCUT2D eigenvalue weighted by molar-refractivity contribution is 6.31. The Hall–Kier alpha value is -1.81. The fourth-order valence-corrected chi connectivity index (χ4v) is 3.13. The minimum Gasteiger partial charge on any atom is -0.340 e. The summed E-state index contributed by atoms with van der Waals surface area (Å²) in [7, 11) is 0. The first-order valence-electron chi connectivity index (χ1n) is 8.15. The summed E-state index contributed by atoms with van der Waals surface area (Å²) in [5.41, 5.74) is 2.98. The highest BCUT2D eigenvalue weighted by atomic mass is 35.5. The van der Waals surface area contributed by atoms with Crippen molar-refractivity contribution < 1.29 is 0 Å². The first kappa shape index (κ1) is 16.1. The molecule has 2 aromatic rings. The second kappa shape index (κ2) is 6.75. The minimum atomic E-state index is 0.695. The van der Waals surface area contributed by atoms with Gasteiger partial charge in [-0.1, -0.05) is 24.6 Å². The zero-order valence-electron chi connectivity index (χ0n) is 13.9. The van der Waals surface area contributed by atoms with E-state index in [1.54, 1.807) is 0 Å². The zero-order valence-corrected chi connectivity index (χ0v) is 14.7. The van der Waals surface area contributed by atoms with Crippen molar-refractivity contribution in [1.29, 1.82) is 0 Å². The maximum atomic E-state index is 6.20. The van der Waals surface area contributed by atoms with E-state index in [9.17, 15) is 0 Å². The molecule has 0 bridgehead atoms. The number of aromatic nitrogens is 2. The first-order chi connectivity index (χ1) is 11.0. The topological polar surface area (TPSA) is 41.1 Å². The van der Waals surface area contributed by atoms with Crippen LogP contribution in [0.25, 0.3) is 0 Å². The lowest BCUT2D eigenvalue weighted by Crippen LogP contribution is -2.35. The molecule has 0 radical (unpaired) electrons. The molecule has 1 atom stereocenters. The lowest BCUT2D eigenvalue weighted by atomic mass is 10.0. The van der Waals surface area contributed by atoms with Crippen molar-refractivity contribution in [3.63, 3.8) is 0 Å². The Bertz CT molecular complexity index is 701. The third-order valence-corrected chi connectivity index (χ3v) is 4.63. The van der Waals surface area contributed by atoms with E-state index in [0.717, 1.165) is 46.8 Å². The molecule has 0 amide bonds. The van der Waals surface area contributed by atoms with Crippen LogP contribution < -0.4 is 10.2 Å². The van der Waals surface area contributed by atoms with Gasteiger partial charge in [-0.15, -0.1) is 0 Å². The summed E-state index contributed by atoms with van der Waals surface area (Å²) in [6, 6.07) is 7.91. The number of piperidine rings is 1. The van der Waals surface area contributed by atoms with E-state index >= 15 is 0 Å². The molecule has 23 heavy (non-hydrogen) atoms. The Morgan fingerprint density at radius 3 is 2.78 bits per heavy atom. The number of rotatable bonds is 3. The molecule has 1 fully saturated rings. The predicted molar refractivity (Wildman–Crippen MR) is 96.9 cm³/mol. The van der Waals surface area contributed by atoms with Crippen LogP contribution in [0.15, 0.2) is 24.3 Å². The van der Waals surface area contributed by atoms with Crippen molar-refractivity contribution in [2.75, 3.05) is 23.3 Å². The number of anilines is 3. The van der Waals surface area contributed by atoms with Gasteiger partial charge in [0.2, 0.25) is 5.95 Å². The van der Waals surface area contributed by atoms with Gasteiger partial charge >= 0.3 is 0 Å². The molecule has 1 saturated heterocycles. The molecule has 0 spiro atoms. The summed E-state index contributed by atoms with van der Waals surface area (Å²) in [6.07, 6.45) is 2.49. The Kier molecular flexibility index (Phi) is 4.71. The number of hydrogen-bond acceptors (Lipinski definition) is 4. The Balaban J connectivity index is 1.83. The molecule has 1 aromatic heterocycles. The van der Waals surface area contributed by atoms with Crippen LogP contribution in [0.4, 0.5) is 17.5 Å². The van der Waals surface area contributed by atoms with E-state index in [0.29, 0.717) is 5.92 Å². The molecule has 3 rings (SSSR count). The minimum absolute atomic E-state index is 0.695. The second-order valence-corrected chi connectivity index (χ2v) is 6.88. The van der Waals surface area contributed by atoms with Crippen LogP contribution in [0, 0.1) is 19.8 Å². The summed E-state index contributed by atoms with van der Waals surface area (Å²) in [5, 5.41) is 4.10. The molecule has 1 aliphatic rings. The number of halogens is 1. The van der Waals surface area contributed by atoms with Gasteiger partial charge in [0.1, 0.15) is 5.82 Å². The standard InChI is InChI=1S/C18H23ClN4/c1-12-5-4-8-23(11-12)18-20-14(3)9-17(22-18)21-15-7-6-13(2)16(19)10-15/h6-7,9-10,12H,4-5,8,11H2,1-3H3,(H,20,21,22). The van der Waals surface area contributed by atoms with Crippen molar-refractivity contribution in [3.8, 4) is 0 Å². The van der Waals surface area contributed by atoms with Gasteiger partial charge in [0.25, 0.3) is 0 Å². The summed E-state index contributed by atoms with van der Waals surface area (Å²) in [4.78, 5) is 11.6. The van der Waals surface area contributed by atoms with E-state index in [4.69, 9.17) is 16.6 Å². The van der Waals surface area contributed by atoms with Gasteiger partial charge in [0, 0.05) is 35.6 Å². The molecule has 4 nitrogen and oxygen atoms in total. The van der Waals surface area contributed by atoms with Gasteiger partial charge in [-0.25, -0.2) is 4.98 Å². The van der Waals surface area contributed by atoms with Crippen LogP contribution in [-0.4, -0.2) is 23.1 Å². The van der Waals surface area contributed by atoms with Crippen molar-refractivity contribution in [2.24, 2.45) is 5.92 Å². The normalized spacial score (nSPS) is 18.1.